The SMILES string of the molecule is CCNC(=O)c1coc(-c2cc[nH]c(=O)c2)n1. The summed E-state index contributed by atoms with van der Waals surface area (Å²) in [5.41, 5.74) is 0.478. The van der Waals surface area contributed by atoms with Gasteiger partial charge in [-0.1, -0.05) is 0 Å². The van der Waals surface area contributed by atoms with Crippen molar-refractivity contribution in [2.75, 3.05) is 6.54 Å². The van der Waals surface area contributed by atoms with Gasteiger partial charge in [0.1, 0.15) is 6.26 Å². The highest BCUT2D eigenvalue weighted by molar-refractivity contribution is 5.92. The quantitative estimate of drug-likeness (QED) is 0.819. The van der Waals surface area contributed by atoms with E-state index in [-0.39, 0.29) is 23.1 Å². The molecule has 2 aromatic heterocycles. The van der Waals surface area contributed by atoms with Gasteiger partial charge in [0, 0.05) is 24.4 Å². The normalized spacial score (nSPS) is 10.2. The molecule has 0 saturated heterocycles. The molecule has 0 saturated carbocycles. The molecular weight excluding hydrogens is 222 g/mol. The zero-order valence-corrected chi connectivity index (χ0v) is 9.19. The van der Waals surface area contributed by atoms with Crippen molar-refractivity contribution in [2.24, 2.45) is 0 Å². The van der Waals surface area contributed by atoms with Crippen LogP contribution in [-0.4, -0.2) is 22.4 Å². The molecule has 2 N–H and O–H groups in total. The Bertz CT molecular complexity index is 585. The monoisotopic (exact) mass is 233 g/mol. The first-order chi connectivity index (χ1) is 8.20. The van der Waals surface area contributed by atoms with Crippen molar-refractivity contribution in [1.82, 2.24) is 15.3 Å². The van der Waals surface area contributed by atoms with E-state index in [1.54, 1.807) is 6.07 Å². The van der Waals surface area contributed by atoms with E-state index in [4.69, 9.17) is 4.42 Å². The lowest BCUT2D eigenvalue weighted by atomic mass is 10.3. The van der Waals surface area contributed by atoms with E-state index >= 15 is 0 Å². The van der Waals surface area contributed by atoms with Gasteiger partial charge in [-0.05, 0) is 13.0 Å². The van der Waals surface area contributed by atoms with Crippen LogP contribution in [-0.2, 0) is 0 Å². The minimum Gasteiger partial charge on any atom is -0.444 e. The Hall–Kier alpha value is -2.37. The fourth-order valence-corrected chi connectivity index (χ4v) is 1.34. The van der Waals surface area contributed by atoms with Crippen molar-refractivity contribution in [3.63, 3.8) is 0 Å². The Balaban J connectivity index is 2.30. The van der Waals surface area contributed by atoms with E-state index in [9.17, 15) is 9.59 Å². The van der Waals surface area contributed by atoms with Gasteiger partial charge in [0.15, 0.2) is 5.69 Å². The summed E-state index contributed by atoms with van der Waals surface area (Å²) in [6.45, 7) is 2.33. The van der Waals surface area contributed by atoms with Crippen molar-refractivity contribution >= 4 is 5.91 Å². The Morgan fingerprint density at radius 3 is 3.12 bits per heavy atom. The van der Waals surface area contributed by atoms with Crippen LogP contribution in [0.25, 0.3) is 11.5 Å². The molecule has 0 aliphatic rings. The van der Waals surface area contributed by atoms with Gasteiger partial charge in [0.2, 0.25) is 11.4 Å². The summed E-state index contributed by atoms with van der Waals surface area (Å²) in [6, 6.07) is 3.00. The van der Waals surface area contributed by atoms with Crippen LogP contribution in [0.5, 0.6) is 0 Å². The average molecular weight is 233 g/mol. The van der Waals surface area contributed by atoms with E-state index in [2.05, 4.69) is 15.3 Å². The van der Waals surface area contributed by atoms with Gasteiger partial charge in [-0.3, -0.25) is 9.59 Å². The first-order valence-corrected chi connectivity index (χ1v) is 5.13. The van der Waals surface area contributed by atoms with Gasteiger partial charge in [0.25, 0.3) is 5.91 Å². The summed E-state index contributed by atoms with van der Waals surface area (Å²) in [6.07, 6.45) is 2.76. The molecule has 0 spiro atoms. The number of nitrogens with one attached hydrogen (secondary N) is 2. The fraction of sp³-hybridized carbons (Fsp3) is 0.182. The van der Waals surface area contributed by atoms with E-state index in [1.165, 1.54) is 18.5 Å². The highest BCUT2D eigenvalue weighted by Gasteiger charge is 2.12. The van der Waals surface area contributed by atoms with Crippen LogP contribution < -0.4 is 10.9 Å². The molecule has 17 heavy (non-hydrogen) atoms. The molecule has 2 heterocycles. The summed E-state index contributed by atoms with van der Waals surface area (Å²) in [4.78, 5) is 29.1. The lowest BCUT2D eigenvalue weighted by molar-refractivity contribution is 0.0951. The molecule has 0 aromatic carbocycles. The fourth-order valence-electron chi connectivity index (χ4n) is 1.34. The highest BCUT2D eigenvalue weighted by Crippen LogP contribution is 2.15. The molecule has 1 amide bonds. The third-order valence-electron chi connectivity index (χ3n) is 2.10. The standard InChI is InChI=1S/C11H11N3O3/c1-2-12-10(16)8-6-17-11(14-8)7-3-4-13-9(15)5-7/h3-6H,2H2,1H3,(H,12,16)(H,13,15). The van der Waals surface area contributed by atoms with Crippen LogP contribution in [0.1, 0.15) is 17.4 Å². The molecule has 0 radical (unpaired) electrons. The van der Waals surface area contributed by atoms with Gasteiger partial charge < -0.3 is 14.7 Å². The Morgan fingerprint density at radius 1 is 1.59 bits per heavy atom. The van der Waals surface area contributed by atoms with E-state index in [0.29, 0.717) is 12.1 Å². The predicted molar refractivity (Wildman–Crippen MR) is 60.6 cm³/mol. The van der Waals surface area contributed by atoms with E-state index < -0.39 is 0 Å². The van der Waals surface area contributed by atoms with Crippen LogP contribution in [0.2, 0.25) is 0 Å². The highest BCUT2D eigenvalue weighted by atomic mass is 16.3. The number of nitrogens with zero attached hydrogens (tertiary/aromatic N) is 1. The summed E-state index contributed by atoms with van der Waals surface area (Å²) in [5.74, 6) is -0.0512. The minimum atomic E-state index is -0.299. The first kappa shape index (κ1) is 11.1. The second-order valence-electron chi connectivity index (χ2n) is 3.34. The molecule has 88 valence electrons. The molecule has 0 atom stereocenters. The zero-order valence-electron chi connectivity index (χ0n) is 9.19. The Morgan fingerprint density at radius 2 is 2.41 bits per heavy atom. The van der Waals surface area contributed by atoms with Crippen LogP contribution in [0.3, 0.4) is 0 Å². The Kier molecular flexibility index (Phi) is 3.04. The predicted octanol–water partition coefficient (Wildman–Crippen LogP) is 0.780. The number of pyridine rings is 1. The number of carbonyl (C=O) groups excluding carboxylic acids is 1. The molecule has 0 fully saturated rings. The number of hydrogen-bond donors (Lipinski definition) is 2. The summed E-state index contributed by atoms with van der Waals surface area (Å²) in [5, 5.41) is 2.61. The smallest absolute Gasteiger partial charge is 0.273 e. The van der Waals surface area contributed by atoms with Crippen LogP contribution >= 0.6 is 0 Å². The molecule has 6 heteroatoms. The largest absolute Gasteiger partial charge is 0.444 e. The maximum absolute atomic E-state index is 11.5. The first-order valence-electron chi connectivity index (χ1n) is 5.13. The summed E-state index contributed by atoms with van der Waals surface area (Å²) in [7, 11) is 0. The van der Waals surface area contributed by atoms with Crippen molar-refractivity contribution in [3.8, 4) is 11.5 Å². The number of aromatic nitrogens is 2. The number of rotatable bonds is 3. The van der Waals surface area contributed by atoms with Crippen molar-refractivity contribution < 1.29 is 9.21 Å². The molecule has 2 rings (SSSR count). The molecular formula is C11H11N3O3. The zero-order chi connectivity index (χ0) is 12.3. The number of amides is 1. The van der Waals surface area contributed by atoms with Crippen LogP contribution in [0, 0.1) is 0 Å². The third-order valence-corrected chi connectivity index (χ3v) is 2.10. The molecule has 6 nitrogen and oxygen atoms in total. The number of H-pyrrole nitrogens is 1. The second-order valence-corrected chi connectivity index (χ2v) is 3.34. The second kappa shape index (κ2) is 4.65. The number of oxazole rings is 1. The van der Waals surface area contributed by atoms with Crippen LogP contribution in [0.15, 0.2) is 33.8 Å². The average Bonchev–Trinajstić information content (AvgIpc) is 2.78. The lowest BCUT2D eigenvalue weighted by Crippen LogP contribution is -2.22. The van der Waals surface area contributed by atoms with Crippen LogP contribution in [0.4, 0.5) is 0 Å². The Labute approximate surface area is 96.7 Å². The summed E-state index contributed by atoms with van der Waals surface area (Å²) >= 11 is 0. The van der Waals surface area contributed by atoms with Gasteiger partial charge in [-0.15, -0.1) is 0 Å². The third kappa shape index (κ3) is 2.41. The number of carbonyl (C=O) groups is 1. The van der Waals surface area contributed by atoms with E-state index in [0.717, 1.165) is 0 Å². The number of aromatic amines is 1. The molecule has 0 unspecified atom stereocenters. The maximum atomic E-state index is 11.5. The summed E-state index contributed by atoms with van der Waals surface area (Å²) < 4.78 is 5.15. The van der Waals surface area contributed by atoms with Gasteiger partial charge in [0.05, 0.1) is 0 Å². The van der Waals surface area contributed by atoms with Gasteiger partial charge >= 0.3 is 0 Å². The number of hydrogen-bond acceptors (Lipinski definition) is 4. The molecule has 0 aliphatic carbocycles. The molecule has 0 aliphatic heterocycles. The van der Waals surface area contributed by atoms with E-state index in [1.807, 2.05) is 6.92 Å². The molecule has 0 bridgehead atoms. The lowest BCUT2D eigenvalue weighted by Gasteiger charge is -1.95. The molecule has 2 aromatic rings. The van der Waals surface area contributed by atoms with Gasteiger partial charge in [-0.2, -0.15) is 0 Å². The van der Waals surface area contributed by atoms with Crippen molar-refractivity contribution in [3.05, 3.63) is 40.6 Å². The van der Waals surface area contributed by atoms with Crippen molar-refractivity contribution in [1.29, 1.82) is 0 Å². The van der Waals surface area contributed by atoms with Gasteiger partial charge in [-0.25, -0.2) is 4.98 Å². The maximum Gasteiger partial charge on any atom is 0.273 e. The topological polar surface area (TPSA) is 88.0 Å². The van der Waals surface area contributed by atoms with Crippen molar-refractivity contribution in [2.45, 2.75) is 6.92 Å². The minimum absolute atomic E-state index is 0.196.